The van der Waals surface area contributed by atoms with Crippen LogP contribution in [0.25, 0.3) is 11.0 Å². The van der Waals surface area contributed by atoms with Gasteiger partial charge in [-0.2, -0.15) is 0 Å². The summed E-state index contributed by atoms with van der Waals surface area (Å²) in [7, 11) is 0. The van der Waals surface area contributed by atoms with Crippen molar-refractivity contribution in [3.05, 3.63) is 112 Å². The van der Waals surface area contributed by atoms with Crippen LogP contribution in [0.1, 0.15) is 42.0 Å². The molecule has 0 aliphatic heterocycles. The highest BCUT2D eigenvalue weighted by Crippen LogP contribution is 2.29. The Morgan fingerprint density at radius 2 is 1.63 bits per heavy atom. The second kappa shape index (κ2) is 12.7. The number of nitrogens with one attached hydrogen (secondary N) is 1. The van der Waals surface area contributed by atoms with Gasteiger partial charge in [0.15, 0.2) is 0 Å². The number of rotatable bonds is 10. The van der Waals surface area contributed by atoms with Gasteiger partial charge in [-0.1, -0.05) is 74.0 Å². The molecule has 38 heavy (non-hydrogen) atoms. The fraction of sp³-hybridized carbons (Fsp3) is 0.258. The van der Waals surface area contributed by atoms with Crippen LogP contribution in [0.15, 0.2) is 88.1 Å². The minimum Gasteiger partial charge on any atom is -0.445 e. The number of ether oxygens (including phenoxy) is 2. The van der Waals surface area contributed by atoms with Gasteiger partial charge in [-0.25, -0.2) is 14.4 Å². The Labute approximate surface area is 221 Å². The molecule has 1 heterocycles. The Balaban J connectivity index is 1.54. The number of esters is 1. The predicted molar refractivity (Wildman–Crippen MR) is 145 cm³/mol. The summed E-state index contributed by atoms with van der Waals surface area (Å²) in [5, 5.41) is 3.46. The van der Waals surface area contributed by atoms with Crippen molar-refractivity contribution in [3.8, 4) is 5.75 Å². The fourth-order valence-electron chi connectivity index (χ4n) is 4.22. The van der Waals surface area contributed by atoms with E-state index in [-0.39, 0.29) is 18.8 Å². The molecular weight excluding hydrogens is 482 g/mol. The number of benzene rings is 3. The molecular formula is C31H31NO6. The largest absolute Gasteiger partial charge is 0.445 e. The van der Waals surface area contributed by atoms with E-state index in [0.717, 1.165) is 41.3 Å². The maximum atomic E-state index is 13.3. The van der Waals surface area contributed by atoms with Crippen molar-refractivity contribution in [1.29, 1.82) is 0 Å². The zero-order chi connectivity index (χ0) is 26.9. The van der Waals surface area contributed by atoms with E-state index in [1.165, 1.54) is 6.07 Å². The second-order valence-corrected chi connectivity index (χ2v) is 9.13. The number of carbonyl (C=O) groups excluding carboxylic acids is 2. The lowest BCUT2D eigenvalue weighted by Gasteiger charge is -2.19. The molecule has 0 aliphatic rings. The van der Waals surface area contributed by atoms with Crippen LogP contribution in [-0.2, 0) is 29.0 Å². The first-order valence-corrected chi connectivity index (χ1v) is 12.7. The van der Waals surface area contributed by atoms with Gasteiger partial charge in [0.2, 0.25) is 0 Å². The van der Waals surface area contributed by atoms with Crippen molar-refractivity contribution in [1.82, 2.24) is 5.32 Å². The monoisotopic (exact) mass is 513 g/mol. The molecule has 0 saturated carbocycles. The molecule has 1 aromatic heterocycles. The van der Waals surface area contributed by atoms with Gasteiger partial charge in [-0.15, -0.1) is 0 Å². The standard InChI is InChI=1S/C31H31NO6/c1-3-4-15-24-19-28(33)38-29-21(2)27(17-16-25(24)29)37-30(34)26(18-22-11-7-5-8-12-22)32-31(35)36-20-23-13-9-6-10-14-23/h5-14,16-17,19,26H,3-4,15,18,20H2,1-2H3,(H,32,35)/t26-/m0/s1. The SMILES string of the molecule is CCCCc1cc(=O)oc2c(C)c(OC(=O)[C@H](Cc3ccccc3)NC(=O)OCc3ccccc3)ccc12. The molecule has 3 aromatic carbocycles. The van der Waals surface area contributed by atoms with Gasteiger partial charge >= 0.3 is 17.7 Å². The Bertz CT molecular complexity index is 1450. The van der Waals surface area contributed by atoms with Crippen molar-refractivity contribution in [3.63, 3.8) is 0 Å². The number of aryl methyl sites for hydroxylation is 2. The summed E-state index contributed by atoms with van der Waals surface area (Å²) in [6.07, 6.45) is 2.18. The van der Waals surface area contributed by atoms with Crippen LogP contribution in [-0.4, -0.2) is 18.1 Å². The predicted octanol–water partition coefficient (Wildman–Crippen LogP) is 5.89. The molecule has 0 fully saturated rings. The van der Waals surface area contributed by atoms with E-state index in [2.05, 4.69) is 12.2 Å². The molecule has 7 heteroatoms. The third kappa shape index (κ3) is 6.88. The smallest absolute Gasteiger partial charge is 0.408 e. The lowest BCUT2D eigenvalue weighted by Crippen LogP contribution is -2.44. The zero-order valence-corrected chi connectivity index (χ0v) is 21.6. The summed E-state index contributed by atoms with van der Waals surface area (Å²) in [6.45, 7) is 3.90. The Morgan fingerprint density at radius 1 is 0.947 bits per heavy atom. The topological polar surface area (TPSA) is 94.8 Å². The molecule has 1 atom stereocenters. The number of amides is 1. The fourth-order valence-corrected chi connectivity index (χ4v) is 4.22. The van der Waals surface area contributed by atoms with Crippen LogP contribution in [0.3, 0.4) is 0 Å². The van der Waals surface area contributed by atoms with Crippen molar-refractivity contribution in [2.45, 2.75) is 52.2 Å². The van der Waals surface area contributed by atoms with E-state index in [1.807, 2.05) is 60.7 Å². The van der Waals surface area contributed by atoms with Gasteiger partial charge in [0.05, 0.1) is 0 Å². The van der Waals surface area contributed by atoms with Crippen LogP contribution >= 0.6 is 0 Å². The van der Waals surface area contributed by atoms with Crippen molar-refractivity contribution >= 4 is 23.0 Å². The van der Waals surface area contributed by atoms with Gasteiger partial charge in [-0.05, 0) is 48.6 Å². The van der Waals surface area contributed by atoms with E-state index in [4.69, 9.17) is 13.9 Å². The van der Waals surface area contributed by atoms with E-state index in [9.17, 15) is 14.4 Å². The average Bonchev–Trinajstić information content (AvgIpc) is 2.93. The molecule has 0 spiro atoms. The second-order valence-electron chi connectivity index (χ2n) is 9.13. The van der Waals surface area contributed by atoms with Crippen LogP contribution in [0, 0.1) is 6.92 Å². The first kappa shape index (κ1) is 26.7. The number of fused-ring (bicyclic) bond motifs is 1. The van der Waals surface area contributed by atoms with Gasteiger partial charge in [-0.3, -0.25) is 0 Å². The molecule has 0 radical (unpaired) electrons. The molecule has 0 aliphatic carbocycles. The van der Waals surface area contributed by atoms with Crippen molar-refractivity contribution in [2.75, 3.05) is 0 Å². The number of hydrogen-bond donors (Lipinski definition) is 1. The third-order valence-electron chi connectivity index (χ3n) is 6.28. The van der Waals surface area contributed by atoms with Gasteiger partial charge in [0.1, 0.15) is 24.0 Å². The molecule has 0 saturated heterocycles. The van der Waals surface area contributed by atoms with Crippen LogP contribution in [0.4, 0.5) is 4.79 Å². The van der Waals surface area contributed by atoms with Crippen LogP contribution in [0.2, 0.25) is 0 Å². The summed E-state index contributed by atoms with van der Waals surface area (Å²) in [4.78, 5) is 38.1. The van der Waals surface area contributed by atoms with Crippen molar-refractivity contribution in [2.24, 2.45) is 0 Å². The van der Waals surface area contributed by atoms with E-state index < -0.39 is 23.7 Å². The first-order valence-electron chi connectivity index (χ1n) is 12.7. The third-order valence-corrected chi connectivity index (χ3v) is 6.28. The summed E-state index contributed by atoms with van der Waals surface area (Å²) in [5.41, 5.74) is 3.07. The lowest BCUT2D eigenvalue weighted by atomic mass is 10.0. The molecule has 4 rings (SSSR count). The quantitative estimate of drug-likeness (QED) is 0.161. The van der Waals surface area contributed by atoms with Gasteiger partial charge in [0, 0.05) is 23.4 Å². The number of unbranched alkanes of at least 4 members (excludes halogenated alkanes) is 1. The Hall–Kier alpha value is -4.39. The van der Waals surface area contributed by atoms with Crippen molar-refractivity contribution < 1.29 is 23.5 Å². The molecule has 196 valence electrons. The van der Waals surface area contributed by atoms with Gasteiger partial charge in [0.25, 0.3) is 0 Å². The number of carbonyl (C=O) groups is 2. The first-order chi connectivity index (χ1) is 18.4. The Morgan fingerprint density at radius 3 is 2.32 bits per heavy atom. The van der Waals surface area contributed by atoms with E-state index in [0.29, 0.717) is 11.1 Å². The highest BCUT2D eigenvalue weighted by Gasteiger charge is 2.25. The average molecular weight is 514 g/mol. The van der Waals surface area contributed by atoms with E-state index >= 15 is 0 Å². The summed E-state index contributed by atoms with van der Waals surface area (Å²) < 4.78 is 16.6. The van der Waals surface area contributed by atoms with Crippen LogP contribution in [0.5, 0.6) is 5.75 Å². The number of hydrogen-bond acceptors (Lipinski definition) is 6. The molecule has 7 nitrogen and oxygen atoms in total. The highest BCUT2D eigenvalue weighted by molar-refractivity contribution is 5.88. The summed E-state index contributed by atoms with van der Waals surface area (Å²) in [6, 6.07) is 22.6. The summed E-state index contributed by atoms with van der Waals surface area (Å²) >= 11 is 0. The van der Waals surface area contributed by atoms with Crippen LogP contribution < -0.4 is 15.7 Å². The molecule has 0 bridgehead atoms. The Kier molecular flexibility index (Phi) is 8.93. The lowest BCUT2D eigenvalue weighted by molar-refractivity contribution is -0.136. The molecule has 0 unspecified atom stereocenters. The zero-order valence-electron chi connectivity index (χ0n) is 21.6. The minimum absolute atomic E-state index is 0.0724. The molecule has 1 amide bonds. The molecule has 1 N–H and O–H groups in total. The maximum absolute atomic E-state index is 13.3. The van der Waals surface area contributed by atoms with Gasteiger partial charge < -0.3 is 19.2 Å². The normalized spacial score (nSPS) is 11.6. The minimum atomic E-state index is -1.00. The maximum Gasteiger partial charge on any atom is 0.408 e. The number of alkyl carbamates (subject to hydrolysis) is 1. The van der Waals surface area contributed by atoms with E-state index in [1.54, 1.807) is 19.1 Å². The highest BCUT2D eigenvalue weighted by atomic mass is 16.6. The molecule has 4 aromatic rings. The summed E-state index contributed by atoms with van der Waals surface area (Å²) in [5.74, 6) is -0.395.